The molecule has 1 N–H and O–H groups in total. The highest BCUT2D eigenvalue weighted by molar-refractivity contribution is 7.89. The van der Waals surface area contributed by atoms with Crippen LogP contribution < -0.4 is 4.72 Å². The van der Waals surface area contributed by atoms with Gasteiger partial charge in [0, 0.05) is 16.0 Å². The van der Waals surface area contributed by atoms with Gasteiger partial charge < -0.3 is 9.32 Å². The smallest absolute Gasteiger partial charge is 0.254 e. The highest BCUT2D eigenvalue weighted by atomic mass is 35.5. The van der Waals surface area contributed by atoms with E-state index in [1.165, 1.54) is 18.2 Å². The van der Waals surface area contributed by atoms with E-state index in [0.717, 1.165) is 4.88 Å². The van der Waals surface area contributed by atoms with E-state index in [1.54, 1.807) is 55.4 Å². The second-order valence-electron chi connectivity index (χ2n) is 7.82. The first-order valence-electron chi connectivity index (χ1n) is 9.23. The molecule has 1 aromatic carbocycles. The van der Waals surface area contributed by atoms with Crippen molar-refractivity contribution in [1.29, 1.82) is 0 Å². The number of nitrogens with zero attached hydrogens (tertiary/aromatic N) is 1. The molecule has 0 unspecified atom stereocenters. The molecule has 30 heavy (non-hydrogen) atoms. The summed E-state index contributed by atoms with van der Waals surface area (Å²) in [5.41, 5.74) is -0.455. The van der Waals surface area contributed by atoms with Crippen molar-refractivity contribution in [3.05, 3.63) is 75.3 Å². The van der Waals surface area contributed by atoms with Crippen molar-refractivity contribution in [3.63, 3.8) is 0 Å². The maximum atomic E-state index is 13.3. The van der Waals surface area contributed by atoms with Gasteiger partial charge in [0.2, 0.25) is 10.0 Å². The van der Waals surface area contributed by atoms with Crippen LogP contribution in [0.1, 0.15) is 41.8 Å². The van der Waals surface area contributed by atoms with E-state index in [1.807, 2.05) is 17.5 Å². The summed E-state index contributed by atoms with van der Waals surface area (Å²) in [5.74, 6) is 0.319. The van der Waals surface area contributed by atoms with Gasteiger partial charge in [-0.2, -0.15) is 0 Å². The number of nitrogens with one attached hydrogen (secondary N) is 1. The minimum absolute atomic E-state index is 0.0548. The molecule has 9 heteroatoms. The molecular formula is C21H23ClN2O4S2. The van der Waals surface area contributed by atoms with Gasteiger partial charge in [0.15, 0.2) is 0 Å². The van der Waals surface area contributed by atoms with E-state index in [-0.39, 0.29) is 27.9 Å². The molecular weight excluding hydrogens is 444 g/mol. The largest absolute Gasteiger partial charge is 0.467 e. The minimum atomic E-state index is -3.90. The van der Waals surface area contributed by atoms with Gasteiger partial charge in [-0.15, -0.1) is 11.3 Å². The molecule has 0 aliphatic heterocycles. The first kappa shape index (κ1) is 22.6. The summed E-state index contributed by atoms with van der Waals surface area (Å²) in [6.07, 6.45) is 1.55. The molecule has 0 saturated carbocycles. The van der Waals surface area contributed by atoms with Crippen molar-refractivity contribution in [2.75, 3.05) is 0 Å². The topological polar surface area (TPSA) is 79.6 Å². The molecule has 0 fully saturated rings. The molecule has 0 atom stereocenters. The Labute approximate surface area is 185 Å². The lowest BCUT2D eigenvalue weighted by atomic mass is 10.1. The van der Waals surface area contributed by atoms with Gasteiger partial charge in [0.1, 0.15) is 10.7 Å². The molecule has 3 rings (SSSR count). The standard InChI is InChI=1S/C21H23ClN2O4S2/c1-21(2,3)23-30(26,27)19-12-15(8-9-18(19)22)20(25)24(13-16-6-4-10-28-16)14-17-7-5-11-29-17/h4-12,23H,13-14H2,1-3H3. The van der Waals surface area contributed by atoms with Crippen LogP contribution in [0.15, 0.2) is 63.4 Å². The fourth-order valence-electron chi connectivity index (χ4n) is 2.86. The third kappa shape index (κ3) is 5.72. The molecule has 160 valence electrons. The maximum Gasteiger partial charge on any atom is 0.254 e. The van der Waals surface area contributed by atoms with Crippen LogP contribution in [0.4, 0.5) is 0 Å². The first-order valence-corrected chi connectivity index (χ1v) is 12.0. The van der Waals surface area contributed by atoms with Gasteiger partial charge in [0.25, 0.3) is 5.91 Å². The molecule has 0 radical (unpaired) electrons. The number of hydrogen-bond donors (Lipinski definition) is 1. The summed E-state index contributed by atoms with van der Waals surface area (Å²) < 4.78 is 33.6. The molecule has 2 aromatic heterocycles. The molecule has 1 amide bonds. The van der Waals surface area contributed by atoms with Gasteiger partial charge >= 0.3 is 0 Å². The van der Waals surface area contributed by atoms with Gasteiger partial charge in [0.05, 0.1) is 24.4 Å². The van der Waals surface area contributed by atoms with Gasteiger partial charge in [-0.25, -0.2) is 13.1 Å². The predicted octanol–water partition coefficient (Wildman–Crippen LogP) is 4.91. The predicted molar refractivity (Wildman–Crippen MR) is 118 cm³/mol. The lowest BCUT2D eigenvalue weighted by Crippen LogP contribution is -2.40. The van der Waals surface area contributed by atoms with E-state index in [4.69, 9.17) is 16.0 Å². The molecule has 0 aliphatic rings. The second kappa shape index (κ2) is 8.93. The van der Waals surface area contributed by atoms with Crippen molar-refractivity contribution in [2.24, 2.45) is 0 Å². The van der Waals surface area contributed by atoms with Gasteiger partial charge in [-0.05, 0) is 62.5 Å². The van der Waals surface area contributed by atoms with Crippen LogP contribution in [0.5, 0.6) is 0 Å². The third-order valence-electron chi connectivity index (χ3n) is 4.05. The van der Waals surface area contributed by atoms with Gasteiger partial charge in [-0.3, -0.25) is 4.79 Å². The summed E-state index contributed by atoms with van der Waals surface area (Å²) in [6, 6.07) is 11.7. The van der Waals surface area contributed by atoms with Crippen molar-refractivity contribution in [3.8, 4) is 0 Å². The van der Waals surface area contributed by atoms with E-state index in [9.17, 15) is 13.2 Å². The molecule has 0 spiro atoms. The molecule has 0 aliphatic carbocycles. The summed E-state index contributed by atoms with van der Waals surface area (Å²) in [6.45, 7) is 5.84. The van der Waals surface area contributed by atoms with Crippen LogP contribution in [-0.2, 0) is 23.1 Å². The summed E-state index contributed by atoms with van der Waals surface area (Å²) in [7, 11) is -3.90. The van der Waals surface area contributed by atoms with Crippen LogP contribution in [-0.4, -0.2) is 24.8 Å². The number of benzene rings is 1. The zero-order chi connectivity index (χ0) is 21.9. The molecule has 6 nitrogen and oxygen atoms in total. The number of rotatable bonds is 7. The Balaban J connectivity index is 1.94. The third-order valence-corrected chi connectivity index (χ3v) is 7.15. The second-order valence-corrected chi connectivity index (χ2v) is 10.9. The van der Waals surface area contributed by atoms with Crippen molar-refractivity contribution in [1.82, 2.24) is 9.62 Å². The normalized spacial score (nSPS) is 12.1. The van der Waals surface area contributed by atoms with Crippen LogP contribution in [0.25, 0.3) is 0 Å². The van der Waals surface area contributed by atoms with E-state index >= 15 is 0 Å². The molecule has 0 bridgehead atoms. The molecule has 3 aromatic rings. The number of amides is 1. The number of sulfonamides is 1. The Morgan fingerprint density at radius 2 is 1.93 bits per heavy atom. The maximum absolute atomic E-state index is 13.3. The number of hydrogen-bond acceptors (Lipinski definition) is 5. The van der Waals surface area contributed by atoms with Crippen LogP contribution in [0.3, 0.4) is 0 Å². The van der Waals surface area contributed by atoms with E-state index < -0.39 is 15.6 Å². The van der Waals surface area contributed by atoms with E-state index in [0.29, 0.717) is 12.3 Å². The monoisotopic (exact) mass is 466 g/mol. The van der Waals surface area contributed by atoms with Gasteiger partial charge in [-0.1, -0.05) is 17.7 Å². The fraction of sp³-hybridized carbons (Fsp3) is 0.286. The van der Waals surface area contributed by atoms with Crippen molar-refractivity contribution >= 4 is 38.9 Å². The highest BCUT2D eigenvalue weighted by Crippen LogP contribution is 2.26. The lowest BCUT2D eigenvalue weighted by Gasteiger charge is -2.23. The zero-order valence-corrected chi connectivity index (χ0v) is 19.3. The summed E-state index contributed by atoms with van der Waals surface area (Å²) in [5, 5.41) is 2.00. The average molecular weight is 467 g/mol. The number of carbonyl (C=O) groups excluding carboxylic acids is 1. The lowest BCUT2D eigenvalue weighted by molar-refractivity contribution is 0.0719. The van der Waals surface area contributed by atoms with Crippen LogP contribution in [0, 0.1) is 0 Å². The van der Waals surface area contributed by atoms with Crippen LogP contribution >= 0.6 is 22.9 Å². The van der Waals surface area contributed by atoms with Crippen molar-refractivity contribution < 1.29 is 17.6 Å². The Morgan fingerprint density at radius 3 is 2.53 bits per heavy atom. The Kier molecular flexibility index (Phi) is 6.71. The number of halogens is 1. The molecule has 0 saturated heterocycles. The minimum Gasteiger partial charge on any atom is -0.467 e. The quantitative estimate of drug-likeness (QED) is 0.536. The van der Waals surface area contributed by atoms with Crippen LogP contribution in [0.2, 0.25) is 5.02 Å². The highest BCUT2D eigenvalue weighted by Gasteiger charge is 2.26. The Bertz CT molecular complexity index is 1070. The Morgan fingerprint density at radius 1 is 1.17 bits per heavy atom. The first-order chi connectivity index (χ1) is 14.0. The van der Waals surface area contributed by atoms with E-state index in [2.05, 4.69) is 4.72 Å². The zero-order valence-electron chi connectivity index (χ0n) is 16.9. The summed E-state index contributed by atoms with van der Waals surface area (Å²) in [4.78, 5) is 15.8. The SMILES string of the molecule is CC(C)(C)NS(=O)(=O)c1cc(C(=O)N(Cc2ccco2)Cc2cccs2)ccc1Cl. The number of carbonyl (C=O) groups is 1. The van der Waals surface area contributed by atoms with Crippen molar-refractivity contribution in [2.45, 2.75) is 44.3 Å². The number of furan rings is 1. The Hall–Kier alpha value is -2.13. The molecule has 2 heterocycles. The summed E-state index contributed by atoms with van der Waals surface area (Å²) >= 11 is 7.71. The fourth-order valence-corrected chi connectivity index (χ4v) is 5.53. The average Bonchev–Trinajstić information content (AvgIpc) is 3.33. The number of thiophene rings is 1.